The second-order valence-electron chi connectivity index (χ2n) is 5.05. The van der Waals surface area contributed by atoms with Crippen molar-refractivity contribution in [3.05, 3.63) is 0 Å². The van der Waals surface area contributed by atoms with Gasteiger partial charge in [-0.25, -0.2) is 0 Å². The first-order valence-electron chi connectivity index (χ1n) is 6.30. The molecule has 3 nitrogen and oxygen atoms in total. The van der Waals surface area contributed by atoms with Gasteiger partial charge in [0.05, 0.1) is 6.61 Å². The van der Waals surface area contributed by atoms with Gasteiger partial charge in [0, 0.05) is 12.1 Å². The highest BCUT2D eigenvalue weighted by molar-refractivity contribution is 4.77. The SMILES string of the molecule is CC(C)CC(CO)NC1CCCNCC1. The van der Waals surface area contributed by atoms with E-state index >= 15 is 0 Å². The summed E-state index contributed by atoms with van der Waals surface area (Å²) in [5.41, 5.74) is 0. The smallest absolute Gasteiger partial charge is 0.0584 e. The molecule has 0 aromatic heterocycles. The molecule has 1 rings (SSSR count). The van der Waals surface area contributed by atoms with Crippen LogP contribution in [0.2, 0.25) is 0 Å². The summed E-state index contributed by atoms with van der Waals surface area (Å²) >= 11 is 0. The van der Waals surface area contributed by atoms with Crippen LogP contribution in [0.15, 0.2) is 0 Å². The molecular formula is C12H26N2O. The molecule has 2 unspecified atom stereocenters. The van der Waals surface area contributed by atoms with E-state index in [0.29, 0.717) is 12.0 Å². The van der Waals surface area contributed by atoms with Gasteiger partial charge in [-0.3, -0.25) is 0 Å². The van der Waals surface area contributed by atoms with Crippen LogP contribution in [0.4, 0.5) is 0 Å². The Balaban J connectivity index is 2.28. The highest BCUT2D eigenvalue weighted by Gasteiger charge is 2.16. The predicted molar refractivity (Wildman–Crippen MR) is 64.0 cm³/mol. The summed E-state index contributed by atoms with van der Waals surface area (Å²) in [6.07, 6.45) is 4.74. The molecule has 0 aromatic rings. The van der Waals surface area contributed by atoms with Gasteiger partial charge in [0.25, 0.3) is 0 Å². The predicted octanol–water partition coefficient (Wildman–Crippen LogP) is 1.13. The zero-order valence-corrected chi connectivity index (χ0v) is 10.1. The lowest BCUT2D eigenvalue weighted by Gasteiger charge is -2.24. The molecule has 0 saturated carbocycles. The van der Waals surface area contributed by atoms with Crippen molar-refractivity contribution >= 4 is 0 Å². The molecule has 1 aliphatic rings. The zero-order chi connectivity index (χ0) is 11.1. The molecule has 0 bridgehead atoms. The van der Waals surface area contributed by atoms with Crippen LogP contribution in [0.5, 0.6) is 0 Å². The number of rotatable bonds is 5. The summed E-state index contributed by atoms with van der Waals surface area (Å²) in [5, 5.41) is 16.3. The van der Waals surface area contributed by atoms with Gasteiger partial charge in [0.1, 0.15) is 0 Å². The molecule has 1 fully saturated rings. The molecule has 0 aliphatic carbocycles. The molecule has 90 valence electrons. The van der Waals surface area contributed by atoms with Crippen LogP contribution in [0.25, 0.3) is 0 Å². The largest absolute Gasteiger partial charge is 0.395 e. The molecule has 3 heteroatoms. The Kier molecular flexibility index (Phi) is 6.22. The first-order valence-corrected chi connectivity index (χ1v) is 6.30. The Morgan fingerprint density at radius 1 is 1.33 bits per heavy atom. The van der Waals surface area contributed by atoms with E-state index in [-0.39, 0.29) is 12.6 Å². The van der Waals surface area contributed by atoms with Crippen LogP contribution in [0, 0.1) is 5.92 Å². The third-order valence-electron chi connectivity index (χ3n) is 3.02. The Hall–Kier alpha value is -0.120. The van der Waals surface area contributed by atoms with Crippen molar-refractivity contribution in [2.45, 2.75) is 51.6 Å². The van der Waals surface area contributed by atoms with Crippen LogP contribution < -0.4 is 10.6 Å². The first kappa shape index (κ1) is 12.9. The zero-order valence-electron chi connectivity index (χ0n) is 10.1. The summed E-state index contributed by atoms with van der Waals surface area (Å²) in [6, 6.07) is 0.879. The lowest BCUT2D eigenvalue weighted by molar-refractivity contribution is 0.209. The summed E-state index contributed by atoms with van der Waals surface area (Å²) in [5.74, 6) is 0.651. The summed E-state index contributed by atoms with van der Waals surface area (Å²) in [6.45, 7) is 6.93. The van der Waals surface area contributed by atoms with Gasteiger partial charge in [-0.15, -0.1) is 0 Å². The van der Waals surface area contributed by atoms with Crippen molar-refractivity contribution in [3.63, 3.8) is 0 Å². The van der Waals surface area contributed by atoms with Gasteiger partial charge < -0.3 is 15.7 Å². The minimum atomic E-state index is 0.266. The lowest BCUT2D eigenvalue weighted by atomic mass is 10.0. The lowest BCUT2D eigenvalue weighted by Crippen LogP contribution is -2.41. The van der Waals surface area contributed by atoms with Gasteiger partial charge in [0.15, 0.2) is 0 Å². The van der Waals surface area contributed by atoms with Gasteiger partial charge in [-0.2, -0.15) is 0 Å². The Bertz CT molecular complexity index is 154. The Morgan fingerprint density at radius 3 is 2.80 bits per heavy atom. The number of aliphatic hydroxyl groups is 1. The maximum Gasteiger partial charge on any atom is 0.0584 e. The molecule has 2 atom stereocenters. The molecule has 0 aromatic carbocycles. The van der Waals surface area contributed by atoms with E-state index in [0.717, 1.165) is 19.5 Å². The van der Waals surface area contributed by atoms with E-state index in [2.05, 4.69) is 24.5 Å². The van der Waals surface area contributed by atoms with E-state index in [9.17, 15) is 5.11 Å². The van der Waals surface area contributed by atoms with Crippen molar-refractivity contribution in [1.82, 2.24) is 10.6 Å². The summed E-state index contributed by atoms with van der Waals surface area (Å²) < 4.78 is 0. The highest BCUT2D eigenvalue weighted by Crippen LogP contribution is 2.10. The van der Waals surface area contributed by atoms with Crippen LogP contribution in [0.1, 0.15) is 39.5 Å². The molecule has 15 heavy (non-hydrogen) atoms. The fraction of sp³-hybridized carbons (Fsp3) is 1.00. The molecule has 0 amide bonds. The van der Waals surface area contributed by atoms with E-state index in [4.69, 9.17) is 0 Å². The quantitative estimate of drug-likeness (QED) is 0.643. The van der Waals surface area contributed by atoms with Crippen molar-refractivity contribution in [3.8, 4) is 0 Å². The number of hydrogen-bond donors (Lipinski definition) is 3. The summed E-state index contributed by atoms with van der Waals surface area (Å²) in [4.78, 5) is 0. The summed E-state index contributed by atoms with van der Waals surface area (Å²) in [7, 11) is 0. The third-order valence-corrected chi connectivity index (χ3v) is 3.02. The van der Waals surface area contributed by atoms with Crippen LogP contribution >= 0.6 is 0 Å². The average molecular weight is 214 g/mol. The van der Waals surface area contributed by atoms with Gasteiger partial charge >= 0.3 is 0 Å². The second-order valence-corrected chi connectivity index (χ2v) is 5.05. The first-order chi connectivity index (χ1) is 7.22. The Labute approximate surface area is 93.6 Å². The molecule has 1 heterocycles. The van der Waals surface area contributed by atoms with Crippen LogP contribution in [-0.4, -0.2) is 36.9 Å². The third kappa shape index (κ3) is 5.50. The highest BCUT2D eigenvalue weighted by atomic mass is 16.3. The van der Waals surface area contributed by atoms with E-state index in [1.807, 2.05) is 0 Å². The van der Waals surface area contributed by atoms with Crippen LogP contribution in [-0.2, 0) is 0 Å². The van der Waals surface area contributed by atoms with Gasteiger partial charge in [-0.05, 0) is 44.7 Å². The number of nitrogens with one attached hydrogen (secondary N) is 2. The fourth-order valence-corrected chi connectivity index (χ4v) is 2.28. The topological polar surface area (TPSA) is 44.3 Å². The normalized spacial score (nSPS) is 25.2. The van der Waals surface area contributed by atoms with Gasteiger partial charge in [0.2, 0.25) is 0 Å². The van der Waals surface area contributed by atoms with Crippen molar-refractivity contribution in [2.24, 2.45) is 5.92 Å². The van der Waals surface area contributed by atoms with E-state index in [1.165, 1.54) is 19.3 Å². The molecule has 1 aliphatic heterocycles. The van der Waals surface area contributed by atoms with Crippen LogP contribution in [0.3, 0.4) is 0 Å². The Morgan fingerprint density at radius 2 is 2.13 bits per heavy atom. The van der Waals surface area contributed by atoms with E-state index < -0.39 is 0 Å². The number of aliphatic hydroxyl groups excluding tert-OH is 1. The standard InChI is InChI=1S/C12H26N2O/c1-10(2)8-12(9-15)14-11-4-3-6-13-7-5-11/h10-15H,3-9H2,1-2H3. The molecule has 0 radical (unpaired) electrons. The molecular weight excluding hydrogens is 188 g/mol. The average Bonchev–Trinajstić information content (AvgIpc) is 2.44. The maximum atomic E-state index is 9.30. The molecule has 0 spiro atoms. The monoisotopic (exact) mass is 214 g/mol. The van der Waals surface area contributed by atoms with E-state index in [1.54, 1.807) is 0 Å². The molecule has 1 saturated heterocycles. The van der Waals surface area contributed by atoms with Crippen molar-refractivity contribution in [2.75, 3.05) is 19.7 Å². The fourth-order valence-electron chi connectivity index (χ4n) is 2.28. The minimum Gasteiger partial charge on any atom is -0.395 e. The second kappa shape index (κ2) is 7.20. The van der Waals surface area contributed by atoms with Gasteiger partial charge in [-0.1, -0.05) is 13.8 Å². The molecule has 3 N–H and O–H groups in total. The number of hydrogen-bond acceptors (Lipinski definition) is 3. The minimum absolute atomic E-state index is 0.266. The van der Waals surface area contributed by atoms with Crippen molar-refractivity contribution in [1.29, 1.82) is 0 Å². The van der Waals surface area contributed by atoms with Crippen molar-refractivity contribution < 1.29 is 5.11 Å². The maximum absolute atomic E-state index is 9.30.